The second kappa shape index (κ2) is 6.98. The number of piperidine rings is 1. The van der Waals surface area contributed by atoms with Crippen LogP contribution in [0.15, 0.2) is 11.8 Å². The summed E-state index contributed by atoms with van der Waals surface area (Å²) < 4.78 is 0. The van der Waals surface area contributed by atoms with E-state index in [4.69, 9.17) is 0 Å². The molecule has 1 saturated heterocycles. The quantitative estimate of drug-likeness (QED) is 0.668. The lowest BCUT2D eigenvalue weighted by Gasteiger charge is -2.63. The summed E-state index contributed by atoms with van der Waals surface area (Å²) in [4.78, 5) is 14.4. The topological polar surface area (TPSA) is 81.0 Å². The first-order valence-electron chi connectivity index (χ1n) is 11.5. The molecule has 0 aromatic carbocycles. The van der Waals surface area contributed by atoms with Crippen molar-refractivity contribution in [2.45, 2.75) is 84.3 Å². The molecule has 164 valence electrons. The molecule has 29 heavy (non-hydrogen) atoms. The van der Waals surface area contributed by atoms with Gasteiger partial charge in [-0.15, -0.1) is 0 Å². The van der Waals surface area contributed by atoms with Crippen LogP contribution in [0.25, 0.3) is 0 Å². The minimum atomic E-state index is -0.718. The summed E-state index contributed by atoms with van der Waals surface area (Å²) in [6.45, 7) is 10.2. The summed E-state index contributed by atoms with van der Waals surface area (Å²) in [5, 5.41) is 30.2. The Labute approximate surface area is 175 Å². The lowest BCUT2D eigenvalue weighted by Crippen LogP contribution is -2.61. The number of aliphatic carboxylic acids is 1. The zero-order chi connectivity index (χ0) is 21.2. The number of rotatable bonds is 3. The van der Waals surface area contributed by atoms with Gasteiger partial charge >= 0.3 is 5.97 Å². The highest BCUT2D eigenvalue weighted by atomic mass is 16.4. The van der Waals surface area contributed by atoms with E-state index in [1.54, 1.807) is 0 Å². The number of carbonyl (C=O) groups is 1. The van der Waals surface area contributed by atoms with Crippen molar-refractivity contribution in [1.29, 1.82) is 0 Å². The summed E-state index contributed by atoms with van der Waals surface area (Å²) in [5.74, 6) is 0.750. The van der Waals surface area contributed by atoms with Gasteiger partial charge in [-0.25, -0.2) is 0 Å². The van der Waals surface area contributed by atoms with Crippen LogP contribution < -0.4 is 0 Å². The number of aliphatic hydroxyl groups is 2. The molecule has 1 aliphatic heterocycles. The molecule has 0 bridgehead atoms. The van der Waals surface area contributed by atoms with Crippen LogP contribution in [0.1, 0.15) is 72.6 Å². The van der Waals surface area contributed by atoms with Crippen LogP contribution in [-0.2, 0) is 4.79 Å². The lowest BCUT2D eigenvalue weighted by molar-refractivity contribution is -0.149. The molecule has 2 saturated carbocycles. The van der Waals surface area contributed by atoms with E-state index in [-0.39, 0.29) is 41.4 Å². The Kier molecular flexibility index (Phi) is 5.10. The van der Waals surface area contributed by atoms with Crippen LogP contribution in [0.2, 0.25) is 0 Å². The summed E-state index contributed by atoms with van der Waals surface area (Å²) in [6.07, 6.45) is 7.68. The van der Waals surface area contributed by atoms with Gasteiger partial charge in [0.2, 0.25) is 0 Å². The zero-order valence-corrected chi connectivity index (χ0v) is 18.5. The van der Waals surface area contributed by atoms with Crippen LogP contribution in [0.3, 0.4) is 0 Å². The highest BCUT2D eigenvalue weighted by Gasteiger charge is 2.62. The van der Waals surface area contributed by atoms with Crippen molar-refractivity contribution in [2.24, 2.45) is 34.5 Å². The first kappa shape index (κ1) is 21.2. The molecule has 3 fully saturated rings. The zero-order valence-electron chi connectivity index (χ0n) is 18.5. The SMILES string of the molecule is CC(C)(C)N1C[C@H]2[C@@H]3CC[C@H](CO)[C@@]3(CC(=O)O)CC[C@@H]2[C@@]2(C)CC[C@H](O)C=C12. The standard InChI is InChI=1S/C24H39NO4/c1-22(2,3)25-13-17-18(23(4)9-7-16(27)11-20(23)25)8-10-24(12-21(28)29)15(14-26)5-6-19(17)24/h11,15-19,26-27H,5-10,12-14H2,1-4H3,(H,28,29)/t15-,16+,17-,18+,19+,23-,24+/m1/s1. The average Bonchev–Trinajstić information content (AvgIpc) is 2.98. The Morgan fingerprint density at radius 2 is 1.90 bits per heavy atom. The van der Waals surface area contributed by atoms with Gasteiger partial charge in [-0.3, -0.25) is 4.79 Å². The Morgan fingerprint density at radius 1 is 1.17 bits per heavy atom. The van der Waals surface area contributed by atoms with Crippen molar-refractivity contribution in [3.05, 3.63) is 11.8 Å². The largest absolute Gasteiger partial charge is 0.481 e. The number of nitrogens with zero attached hydrogens (tertiary/aromatic N) is 1. The summed E-state index contributed by atoms with van der Waals surface area (Å²) in [6, 6.07) is 0. The van der Waals surface area contributed by atoms with Crippen molar-refractivity contribution in [3.8, 4) is 0 Å². The van der Waals surface area contributed by atoms with Crippen LogP contribution in [0, 0.1) is 34.5 Å². The van der Waals surface area contributed by atoms with Crippen molar-refractivity contribution in [2.75, 3.05) is 13.2 Å². The van der Waals surface area contributed by atoms with Gasteiger partial charge in [0.25, 0.3) is 0 Å². The van der Waals surface area contributed by atoms with Gasteiger partial charge in [0, 0.05) is 29.8 Å². The molecule has 1 heterocycles. The monoisotopic (exact) mass is 405 g/mol. The highest BCUT2D eigenvalue weighted by molar-refractivity contribution is 5.68. The second-order valence-corrected chi connectivity index (χ2v) is 11.5. The molecule has 0 unspecified atom stereocenters. The summed E-state index contributed by atoms with van der Waals surface area (Å²) in [5.41, 5.74) is 1.06. The van der Waals surface area contributed by atoms with Gasteiger partial charge in [0.05, 0.1) is 12.5 Å². The van der Waals surface area contributed by atoms with E-state index >= 15 is 0 Å². The molecular weight excluding hydrogens is 366 g/mol. The fourth-order valence-electron chi connectivity index (χ4n) is 7.92. The summed E-state index contributed by atoms with van der Waals surface area (Å²) in [7, 11) is 0. The maximum absolute atomic E-state index is 11.8. The molecule has 4 aliphatic rings. The third-order valence-corrected chi connectivity index (χ3v) is 9.24. The van der Waals surface area contributed by atoms with Gasteiger partial charge in [0.1, 0.15) is 0 Å². The third-order valence-electron chi connectivity index (χ3n) is 9.24. The Balaban J connectivity index is 1.77. The Morgan fingerprint density at radius 3 is 2.52 bits per heavy atom. The number of likely N-dealkylation sites (tertiary alicyclic amines) is 1. The number of allylic oxidation sites excluding steroid dienone is 1. The highest BCUT2D eigenvalue weighted by Crippen LogP contribution is 2.67. The van der Waals surface area contributed by atoms with Gasteiger partial charge in [0.15, 0.2) is 0 Å². The first-order chi connectivity index (χ1) is 13.5. The second-order valence-electron chi connectivity index (χ2n) is 11.5. The van der Waals surface area contributed by atoms with E-state index in [1.807, 2.05) is 0 Å². The minimum Gasteiger partial charge on any atom is -0.481 e. The smallest absolute Gasteiger partial charge is 0.303 e. The molecule has 0 radical (unpaired) electrons. The molecule has 3 N–H and O–H groups in total. The van der Waals surface area contributed by atoms with E-state index in [0.717, 1.165) is 45.1 Å². The molecule has 4 rings (SSSR count). The van der Waals surface area contributed by atoms with Gasteiger partial charge < -0.3 is 20.2 Å². The Hall–Kier alpha value is -1.07. The average molecular weight is 406 g/mol. The van der Waals surface area contributed by atoms with Crippen molar-refractivity contribution in [1.82, 2.24) is 4.90 Å². The van der Waals surface area contributed by atoms with Gasteiger partial charge in [-0.1, -0.05) is 6.92 Å². The molecule has 5 heteroatoms. The molecule has 0 spiro atoms. The number of carboxylic acids is 1. The molecular formula is C24H39NO4. The van der Waals surface area contributed by atoms with Crippen molar-refractivity contribution < 1.29 is 20.1 Å². The van der Waals surface area contributed by atoms with Gasteiger partial charge in [-0.05, 0) is 94.5 Å². The molecule has 0 amide bonds. The van der Waals surface area contributed by atoms with Crippen LogP contribution in [-0.4, -0.2) is 51.0 Å². The first-order valence-corrected chi connectivity index (χ1v) is 11.5. The van der Waals surface area contributed by atoms with Crippen molar-refractivity contribution >= 4 is 5.97 Å². The minimum absolute atomic E-state index is 0.0438. The maximum atomic E-state index is 11.8. The third kappa shape index (κ3) is 3.15. The van der Waals surface area contributed by atoms with Crippen LogP contribution in [0.4, 0.5) is 0 Å². The number of carboxylic acid groups (broad SMARTS) is 1. The Bertz CT molecular complexity index is 697. The molecule has 3 aliphatic carbocycles. The normalized spacial score (nSPS) is 44.6. The lowest BCUT2D eigenvalue weighted by atomic mass is 9.48. The van der Waals surface area contributed by atoms with E-state index in [0.29, 0.717) is 17.8 Å². The molecule has 0 aromatic rings. The van der Waals surface area contributed by atoms with E-state index < -0.39 is 5.97 Å². The summed E-state index contributed by atoms with van der Waals surface area (Å²) >= 11 is 0. The van der Waals surface area contributed by atoms with E-state index in [9.17, 15) is 20.1 Å². The van der Waals surface area contributed by atoms with E-state index in [1.165, 1.54) is 5.70 Å². The van der Waals surface area contributed by atoms with Gasteiger partial charge in [-0.2, -0.15) is 0 Å². The number of hydrogen-bond acceptors (Lipinski definition) is 4. The fourth-order valence-corrected chi connectivity index (χ4v) is 7.92. The van der Waals surface area contributed by atoms with E-state index in [2.05, 4.69) is 38.7 Å². The molecule has 0 aromatic heterocycles. The molecule has 5 nitrogen and oxygen atoms in total. The fraction of sp³-hybridized carbons (Fsp3) is 0.875. The number of hydrogen-bond donors (Lipinski definition) is 3. The maximum Gasteiger partial charge on any atom is 0.303 e. The van der Waals surface area contributed by atoms with Crippen molar-refractivity contribution in [3.63, 3.8) is 0 Å². The number of fused-ring (bicyclic) bond motifs is 5. The van der Waals surface area contributed by atoms with Crippen LogP contribution in [0.5, 0.6) is 0 Å². The molecule has 7 atom stereocenters. The predicted octanol–water partition coefficient (Wildman–Crippen LogP) is 3.65. The number of aliphatic hydroxyl groups excluding tert-OH is 2. The predicted molar refractivity (Wildman–Crippen MR) is 112 cm³/mol. The van der Waals surface area contributed by atoms with Crippen LogP contribution >= 0.6 is 0 Å².